The summed E-state index contributed by atoms with van der Waals surface area (Å²) in [6, 6.07) is 12.2. The minimum Gasteiger partial charge on any atom is -0.346 e. The molecule has 128 valence electrons. The van der Waals surface area contributed by atoms with Gasteiger partial charge in [-0.1, -0.05) is 30.3 Å². The van der Waals surface area contributed by atoms with E-state index in [-0.39, 0.29) is 18.5 Å². The summed E-state index contributed by atoms with van der Waals surface area (Å²) in [5.74, 6) is -0.338. The predicted molar refractivity (Wildman–Crippen MR) is 90.9 cm³/mol. The van der Waals surface area contributed by atoms with Gasteiger partial charge in [0.1, 0.15) is 6.54 Å². The minimum atomic E-state index is -0.619. The highest BCUT2D eigenvalue weighted by Crippen LogP contribution is 2.14. The van der Waals surface area contributed by atoms with E-state index in [9.17, 15) is 14.4 Å². The van der Waals surface area contributed by atoms with Crippen LogP contribution in [-0.4, -0.2) is 25.2 Å². The maximum atomic E-state index is 12.4. The Hall–Kier alpha value is -3.42. The molecule has 25 heavy (non-hydrogen) atoms. The highest BCUT2D eigenvalue weighted by atomic mass is 16.2. The number of aromatic nitrogens is 4. The fourth-order valence-corrected chi connectivity index (χ4v) is 2.48. The molecule has 2 N–H and O–H groups in total. The van der Waals surface area contributed by atoms with Crippen LogP contribution in [0.25, 0.3) is 0 Å². The Balaban J connectivity index is 1.76. The SMILES string of the molecule is O=C(Cn1ccc(=O)[nH]c1=O)N[C@@H](Cn1cccn1)c1ccccc1. The first kappa shape index (κ1) is 16.4. The highest BCUT2D eigenvalue weighted by Gasteiger charge is 2.16. The molecule has 3 aromatic rings. The molecule has 1 aromatic carbocycles. The lowest BCUT2D eigenvalue weighted by molar-refractivity contribution is -0.122. The second-order valence-electron chi connectivity index (χ2n) is 5.50. The van der Waals surface area contributed by atoms with Crippen molar-refractivity contribution in [1.82, 2.24) is 24.6 Å². The van der Waals surface area contributed by atoms with Crippen molar-refractivity contribution in [1.29, 1.82) is 0 Å². The average Bonchev–Trinajstić information content (AvgIpc) is 3.11. The average molecular weight is 339 g/mol. The summed E-state index contributed by atoms with van der Waals surface area (Å²) in [5.41, 5.74) is -0.186. The number of H-pyrrole nitrogens is 1. The smallest absolute Gasteiger partial charge is 0.328 e. The maximum Gasteiger partial charge on any atom is 0.328 e. The first-order valence-electron chi connectivity index (χ1n) is 7.73. The first-order valence-corrected chi connectivity index (χ1v) is 7.73. The molecule has 0 unspecified atom stereocenters. The summed E-state index contributed by atoms with van der Waals surface area (Å²) < 4.78 is 2.87. The number of benzene rings is 1. The zero-order valence-electron chi connectivity index (χ0n) is 13.3. The number of rotatable bonds is 6. The van der Waals surface area contributed by atoms with Gasteiger partial charge in [0, 0.05) is 24.7 Å². The van der Waals surface area contributed by atoms with Crippen LogP contribution < -0.4 is 16.6 Å². The number of nitrogens with one attached hydrogen (secondary N) is 2. The Morgan fingerprint density at radius 3 is 2.60 bits per heavy atom. The van der Waals surface area contributed by atoms with E-state index in [0.29, 0.717) is 6.54 Å². The monoisotopic (exact) mass is 339 g/mol. The van der Waals surface area contributed by atoms with E-state index in [1.54, 1.807) is 10.9 Å². The Bertz CT molecular complexity index is 944. The van der Waals surface area contributed by atoms with Crippen molar-refractivity contribution >= 4 is 5.91 Å². The van der Waals surface area contributed by atoms with Crippen LogP contribution in [0.15, 0.2) is 70.6 Å². The number of hydrogen-bond acceptors (Lipinski definition) is 4. The van der Waals surface area contributed by atoms with Crippen LogP contribution in [0.3, 0.4) is 0 Å². The van der Waals surface area contributed by atoms with Crippen molar-refractivity contribution in [3.8, 4) is 0 Å². The largest absolute Gasteiger partial charge is 0.346 e. The molecule has 0 radical (unpaired) electrons. The van der Waals surface area contributed by atoms with E-state index in [0.717, 1.165) is 10.1 Å². The second-order valence-corrected chi connectivity index (χ2v) is 5.50. The molecule has 0 aliphatic rings. The van der Waals surface area contributed by atoms with Gasteiger partial charge < -0.3 is 5.32 Å². The number of hydrogen-bond donors (Lipinski definition) is 2. The third-order valence-corrected chi connectivity index (χ3v) is 3.68. The molecule has 1 atom stereocenters. The predicted octanol–water partition coefficient (Wildman–Crippen LogP) is 0.291. The number of amides is 1. The van der Waals surface area contributed by atoms with Crippen molar-refractivity contribution < 1.29 is 4.79 Å². The first-order chi connectivity index (χ1) is 12.1. The van der Waals surface area contributed by atoms with Gasteiger partial charge in [-0.2, -0.15) is 5.10 Å². The topological polar surface area (TPSA) is 102 Å². The van der Waals surface area contributed by atoms with E-state index in [2.05, 4.69) is 15.4 Å². The fraction of sp³-hybridized carbons (Fsp3) is 0.176. The molecule has 0 saturated carbocycles. The molecule has 3 rings (SSSR count). The van der Waals surface area contributed by atoms with Gasteiger partial charge in [-0.05, 0) is 11.6 Å². The van der Waals surface area contributed by atoms with E-state index in [1.165, 1.54) is 12.3 Å². The zero-order chi connectivity index (χ0) is 17.6. The lowest BCUT2D eigenvalue weighted by Gasteiger charge is -2.19. The van der Waals surface area contributed by atoms with Crippen molar-refractivity contribution in [3.63, 3.8) is 0 Å². The summed E-state index contributed by atoms with van der Waals surface area (Å²) in [4.78, 5) is 37.3. The van der Waals surface area contributed by atoms with Gasteiger partial charge in [0.15, 0.2) is 0 Å². The molecule has 0 spiro atoms. The van der Waals surface area contributed by atoms with Crippen molar-refractivity contribution in [3.05, 3.63) is 87.5 Å². The van der Waals surface area contributed by atoms with E-state index in [4.69, 9.17) is 0 Å². The molecular formula is C17H17N5O3. The van der Waals surface area contributed by atoms with Crippen molar-refractivity contribution in [2.24, 2.45) is 0 Å². The molecule has 0 saturated heterocycles. The van der Waals surface area contributed by atoms with E-state index in [1.807, 2.05) is 42.6 Å². The van der Waals surface area contributed by atoms with Crippen LogP contribution in [0, 0.1) is 0 Å². The summed E-state index contributed by atoms with van der Waals surface area (Å²) >= 11 is 0. The molecule has 1 amide bonds. The van der Waals surface area contributed by atoms with Gasteiger partial charge in [-0.3, -0.25) is 23.8 Å². The van der Waals surface area contributed by atoms with Crippen LogP contribution in [0.5, 0.6) is 0 Å². The molecule has 2 aromatic heterocycles. The van der Waals surface area contributed by atoms with E-state index < -0.39 is 11.2 Å². The minimum absolute atomic E-state index is 0.182. The van der Waals surface area contributed by atoms with Crippen LogP contribution in [0.4, 0.5) is 0 Å². The van der Waals surface area contributed by atoms with Gasteiger partial charge >= 0.3 is 5.69 Å². The van der Waals surface area contributed by atoms with Crippen LogP contribution in [-0.2, 0) is 17.9 Å². The molecule has 0 aliphatic carbocycles. The van der Waals surface area contributed by atoms with Crippen LogP contribution >= 0.6 is 0 Å². The number of nitrogens with zero attached hydrogens (tertiary/aromatic N) is 3. The molecule has 0 bridgehead atoms. The molecule has 0 aliphatic heterocycles. The zero-order valence-corrected chi connectivity index (χ0v) is 13.3. The number of aromatic amines is 1. The fourth-order valence-electron chi connectivity index (χ4n) is 2.48. The number of carbonyl (C=O) groups is 1. The summed E-state index contributed by atoms with van der Waals surface area (Å²) in [7, 11) is 0. The highest BCUT2D eigenvalue weighted by molar-refractivity contribution is 5.76. The van der Waals surface area contributed by atoms with Crippen LogP contribution in [0.1, 0.15) is 11.6 Å². The standard InChI is InChI=1S/C17H17N5O3/c23-15-7-10-21(17(25)20-15)12-16(24)19-14(11-22-9-4-8-18-22)13-5-2-1-3-6-13/h1-10,14H,11-12H2,(H,19,24)(H,20,23,25)/t14-/m0/s1. The van der Waals surface area contributed by atoms with Crippen molar-refractivity contribution in [2.75, 3.05) is 0 Å². The Morgan fingerprint density at radius 1 is 1.12 bits per heavy atom. The number of carbonyl (C=O) groups excluding carboxylic acids is 1. The molecule has 8 nitrogen and oxygen atoms in total. The quantitative estimate of drug-likeness (QED) is 0.674. The molecule has 2 heterocycles. The lowest BCUT2D eigenvalue weighted by atomic mass is 10.1. The normalized spacial score (nSPS) is 11.8. The Kier molecular flexibility index (Phi) is 4.89. The third kappa shape index (κ3) is 4.31. The Morgan fingerprint density at radius 2 is 1.92 bits per heavy atom. The van der Waals surface area contributed by atoms with Gasteiger partial charge in [0.25, 0.3) is 5.56 Å². The molecule has 8 heteroatoms. The van der Waals surface area contributed by atoms with Gasteiger partial charge in [0.05, 0.1) is 12.6 Å². The molecular weight excluding hydrogens is 322 g/mol. The third-order valence-electron chi connectivity index (χ3n) is 3.68. The van der Waals surface area contributed by atoms with Crippen molar-refractivity contribution in [2.45, 2.75) is 19.1 Å². The Labute approximate surface area is 142 Å². The van der Waals surface area contributed by atoms with Gasteiger partial charge in [-0.15, -0.1) is 0 Å². The second kappa shape index (κ2) is 7.43. The summed E-state index contributed by atoms with van der Waals surface area (Å²) in [5, 5.41) is 7.08. The van der Waals surface area contributed by atoms with Crippen LogP contribution in [0.2, 0.25) is 0 Å². The van der Waals surface area contributed by atoms with Gasteiger partial charge in [-0.25, -0.2) is 4.79 Å². The lowest BCUT2D eigenvalue weighted by Crippen LogP contribution is -2.38. The maximum absolute atomic E-state index is 12.4. The summed E-state index contributed by atoms with van der Waals surface area (Å²) in [6.07, 6.45) is 4.78. The van der Waals surface area contributed by atoms with E-state index >= 15 is 0 Å². The molecule has 0 fully saturated rings. The summed E-state index contributed by atoms with van der Waals surface area (Å²) in [6.45, 7) is 0.279. The van der Waals surface area contributed by atoms with Gasteiger partial charge in [0.2, 0.25) is 5.91 Å².